The van der Waals surface area contributed by atoms with E-state index in [9.17, 15) is 9.90 Å². The molecule has 1 fully saturated rings. The third-order valence-electron chi connectivity index (χ3n) is 3.14. The number of carbonyl (C=O) groups is 1. The van der Waals surface area contributed by atoms with Crippen LogP contribution in [-0.2, 0) is 0 Å². The molecule has 1 aromatic rings. The van der Waals surface area contributed by atoms with Crippen molar-refractivity contribution in [2.45, 2.75) is 24.6 Å². The molecule has 1 aliphatic carbocycles. The van der Waals surface area contributed by atoms with Crippen LogP contribution in [0.1, 0.15) is 29.6 Å². The van der Waals surface area contributed by atoms with Crippen molar-refractivity contribution >= 4 is 17.5 Å². The minimum atomic E-state index is -0.277. The predicted molar refractivity (Wildman–Crippen MR) is 65.2 cm³/mol. The normalized spacial score (nSPS) is 23.6. The summed E-state index contributed by atoms with van der Waals surface area (Å²) in [6.07, 6.45) is 5.93. The van der Waals surface area contributed by atoms with Crippen molar-refractivity contribution in [3.8, 4) is 5.75 Å². The van der Waals surface area contributed by atoms with Crippen LogP contribution in [0.2, 0.25) is 0 Å². The molecule has 0 saturated heterocycles. The number of aromatic nitrogens is 1. The summed E-state index contributed by atoms with van der Waals surface area (Å²) in [6.45, 7) is 0.564. The molecule has 92 valence electrons. The van der Waals surface area contributed by atoms with Crippen molar-refractivity contribution < 1.29 is 9.90 Å². The summed E-state index contributed by atoms with van der Waals surface area (Å²) in [5, 5.41) is 12.4. The van der Waals surface area contributed by atoms with Gasteiger partial charge in [-0.1, -0.05) is 6.42 Å². The van der Waals surface area contributed by atoms with Gasteiger partial charge in [0.1, 0.15) is 5.75 Å². The van der Waals surface area contributed by atoms with Crippen LogP contribution < -0.4 is 5.32 Å². The average molecular weight is 255 g/mol. The summed E-state index contributed by atoms with van der Waals surface area (Å²) in [6, 6.07) is 1.50. The number of aromatic hydroxyl groups is 1. The molecule has 2 atom stereocenters. The van der Waals surface area contributed by atoms with E-state index >= 15 is 0 Å². The molecule has 2 rings (SSSR count). The van der Waals surface area contributed by atoms with E-state index in [2.05, 4.69) is 10.3 Å². The van der Waals surface area contributed by atoms with Gasteiger partial charge >= 0.3 is 0 Å². The number of halogens is 1. The fourth-order valence-corrected chi connectivity index (χ4v) is 2.49. The summed E-state index contributed by atoms with van der Waals surface area (Å²) in [5.74, 6) is -0.0379. The quantitative estimate of drug-likeness (QED) is 0.811. The number of rotatable bonds is 3. The Hall–Kier alpha value is -1.29. The van der Waals surface area contributed by atoms with Gasteiger partial charge in [-0.25, -0.2) is 0 Å². The largest absolute Gasteiger partial charge is 0.505 e. The minimum Gasteiger partial charge on any atom is -0.505 e. The topological polar surface area (TPSA) is 62.2 Å². The van der Waals surface area contributed by atoms with Crippen LogP contribution in [0.3, 0.4) is 0 Å². The van der Waals surface area contributed by atoms with Gasteiger partial charge in [0.15, 0.2) is 0 Å². The zero-order valence-corrected chi connectivity index (χ0v) is 10.2. The first-order valence-electron chi connectivity index (χ1n) is 5.73. The first-order valence-corrected chi connectivity index (χ1v) is 6.17. The fraction of sp³-hybridized carbons (Fsp3) is 0.500. The molecule has 1 saturated carbocycles. The first kappa shape index (κ1) is 12.2. The van der Waals surface area contributed by atoms with Crippen LogP contribution in [-0.4, -0.2) is 27.9 Å². The van der Waals surface area contributed by atoms with Gasteiger partial charge in [0.05, 0.1) is 11.8 Å². The lowest BCUT2D eigenvalue weighted by Crippen LogP contribution is -2.31. The van der Waals surface area contributed by atoms with E-state index in [-0.39, 0.29) is 22.6 Å². The third kappa shape index (κ3) is 2.88. The number of hydrogen-bond donors (Lipinski definition) is 2. The van der Waals surface area contributed by atoms with Gasteiger partial charge in [0.2, 0.25) is 0 Å². The SMILES string of the molecule is O=C(NCC1CCCC1Cl)c1ccncc1O. The molecule has 1 aliphatic rings. The number of hydrogen-bond acceptors (Lipinski definition) is 3. The van der Waals surface area contributed by atoms with E-state index in [0.29, 0.717) is 12.5 Å². The van der Waals surface area contributed by atoms with E-state index in [1.54, 1.807) is 0 Å². The van der Waals surface area contributed by atoms with Crippen LogP contribution in [0, 0.1) is 5.92 Å². The molecule has 4 nitrogen and oxygen atoms in total. The zero-order chi connectivity index (χ0) is 12.3. The second-order valence-corrected chi connectivity index (χ2v) is 4.87. The molecule has 1 heterocycles. The van der Waals surface area contributed by atoms with Gasteiger partial charge in [-0.05, 0) is 24.8 Å². The van der Waals surface area contributed by atoms with Crippen LogP contribution in [0.25, 0.3) is 0 Å². The van der Waals surface area contributed by atoms with Gasteiger partial charge in [-0.3, -0.25) is 9.78 Å². The second kappa shape index (κ2) is 5.36. The lowest BCUT2D eigenvalue weighted by Gasteiger charge is -2.14. The smallest absolute Gasteiger partial charge is 0.255 e. The van der Waals surface area contributed by atoms with Gasteiger partial charge in [0.25, 0.3) is 5.91 Å². The monoisotopic (exact) mass is 254 g/mol. The van der Waals surface area contributed by atoms with Gasteiger partial charge in [0, 0.05) is 18.1 Å². The Bertz CT molecular complexity index is 411. The van der Waals surface area contributed by atoms with Crippen molar-refractivity contribution in [2.24, 2.45) is 5.92 Å². The number of alkyl halides is 1. The lowest BCUT2D eigenvalue weighted by atomic mass is 10.1. The number of amides is 1. The first-order chi connectivity index (χ1) is 8.18. The van der Waals surface area contributed by atoms with Gasteiger partial charge in [-0.15, -0.1) is 11.6 Å². The predicted octanol–water partition coefficient (Wildman–Crippen LogP) is 1.92. The molecular formula is C12H15ClN2O2. The van der Waals surface area contributed by atoms with Crippen molar-refractivity contribution in [1.29, 1.82) is 0 Å². The standard InChI is InChI=1S/C12H15ClN2O2/c13-10-3-1-2-8(10)6-15-12(17)9-4-5-14-7-11(9)16/h4-5,7-8,10,16H,1-3,6H2,(H,15,17). The highest BCUT2D eigenvalue weighted by atomic mass is 35.5. The van der Waals surface area contributed by atoms with Crippen molar-refractivity contribution in [2.75, 3.05) is 6.54 Å². The maximum absolute atomic E-state index is 11.8. The van der Waals surface area contributed by atoms with E-state index in [0.717, 1.165) is 19.3 Å². The van der Waals surface area contributed by atoms with Crippen molar-refractivity contribution in [1.82, 2.24) is 10.3 Å². The summed E-state index contributed by atoms with van der Waals surface area (Å²) in [7, 11) is 0. The van der Waals surface area contributed by atoms with Crippen LogP contribution in [0.5, 0.6) is 5.75 Å². The zero-order valence-electron chi connectivity index (χ0n) is 9.40. The molecule has 1 amide bonds. The Balaban J connectivity index is 1.91. The lowest BCUT2D eigenvalue weighted by molar-refractivity contribution is 0.0945. The number of nitrogens with zero attached hydrogens (tertiary/aromatic N) is 1. The molecule has 0 aromatic carbocycles. The van der Waals surface area contributed by atoms with Crippen molar-refractivity contribution in [3.05, 3.63) is 24.0 Å². The third-order valence-corrected chi connectivity index (χ3v) is 3.71. The highest BCUT2D eigenvalue weighted by molar-refractivity contribution is 6.21. The Morgan fingerprint density at radius 1 is 1.59 bits per heavy atom. The Labute approximate surface area is 105 Å². The van der Waals surface area contributed by atoms with Gasteiger partial charge in [-0.2, -0.15) is 0 Å². The maximum atomic E-state index is 11.8. The molecule has 0 aliphatic heterocycles. The molecule has 2 N–H and O–H groups in total. The van der Waals surface area contributed by atoms with Crippen LogP contribution in [0.4, 0.5) is 0 Å². The van der Waals surface area contributed by atoms with Crippen LogP contribution in [0.15, 0.2) is 18.5 Å². The summed E-state index contributed by atoms with van der Waals surface area (Å²) < 4.78 is 0. The summed E-state index contributed by atoms with van der Waals surface area (Å²) >= 11 is 6.13. The van der Waals surface area contributed by atoms with E-state index in [1.807, 2.05) is 0 Å². The Morgan fingerprint density at radius 2 is 2.41 bits per heavy atom. The summed E-state index contributed by atoms with van der Waals surface area (Å²) in [5.41, 5.74) is 0.254. The number of pyridine rings is 1. The minimum absolute atomic E-state index is 0.0983. The Kier molecular flexibility index (Phi) is 3.84. The molecule has 0 radical (unpaired) electrons. The second-order valence-electron chi connectivity index (χ2n) is 4.31. The molecule has 2 unspecified atom stereocenters. The molecule has 0 spiro atoms. The molecule has 0 bridgehead atoms. The average Bonchev–Trinajstić information content (AvgIpc) is 2.72. The molecule has 5 heteroatoms. The van der Waals surface area contributed by atoms with E-state index in [4.69, 9.17) is 11.6 Å². The highest BCUT2D eigenvalue weighted by Crippen LogP contribution is 2.29. The van der Waals surface area contributed by atoms with Gasteiger partial charge < -0.3 is 10.4 Å². The highest BCUT2D eigenvalue weighted by Gasteiger charge is 2.25. The number of nitrogens with one attached hydrogen (secondary N) is 1. The molecule has 17 heavy (non-hydrogen) atoms. The maximum Gasteiger partial charge on any atom is 0.255 e. The Morgan fingerprint density at radius 3 is 3.06 bits per heavy atom. The van der Waals surface area contributed by atoms with E-state index in [1.165, 1.54) is 18.5 Å². The van der Waals surface area contributed by atoms with Crippen LogP contribution >= 0.6 is 11.6 Å². The fourth-order valence-electron chi connectivity index (χ4n) is 2.12. The number of carbonyl (C=O) groups excluding carboxylic acids is 1. The van der Waals surface area contributed by atoms with E-state index < -0.39 is 0 Å². The van der Waals surface area contributed by atoms with Crippen molar-refractivity contribution in [3.63, 3.8) is 0 Å². The molecule has 1 aromatic heterocycles. The molecular weight excluding hydrogens is 240 g/mol. The summed E-state index contributed by atoms with van der Waals surface area (Å²) in [4.78, 5) is 15.5.